The van der Waals surface area contributed by atoms with E-state index in [-0.39, 0.29) is 0 Å². The zero-order valence-electron chi connectivity index (χ0n) is 8.82. The van der Waals surface area contributed by atoms with E-state index >= 15 is 0 Å². The molecule has 1 aliphatic heterocycles. The van der Waals surface area contributed by atoms with Gasteiger partial charge in [-0.05, 0) is 59.7 Å². The molecule has 1 saturated heterocycles. The van der Waals surface area contributed by atoms with Gasteiger partial charge in [0.25, 0.3) is 0 Å². The largest absolute Gasteiger partial charge is 0.327 e. The van der Waals surface area contributed by atoms with Gasteiger partial charge in [0.15, 0.2) is 0 Å². The Labute approximate surface area is 105 Å². The molecular weight excluding hydrogens is 299 g/mol. The molecule has 2 N–H and O–H groups in total. The summed E-state index contributed by atoms with van der Waals surface area (Å²) < 4.78 is 1.30. The summed E-state index contributed by atoms with van der Waals surface area (Å²) in [5.41, 5.74) is 7.35. The van der Waals surface area contributed by atoms with Gasteiger partial charge >= 0.3 is 0 Å². The second-order valence-electron chi connectivity index (χ2n) is 4.26. The molecule has 2 nitrogen and oxygen atoms in total. The van der Waals surface area contributed by atoms with Crippen LogP contribution in [0.15, 0.2) is 24.3 Å². The van der Waals surface area contributed by atoms with E-state index in [2.05, 4.69) is 51.8 Å². The van der Waals surface area contributed by atoms with Crippen LogP contribution in [0.2, 0.25) is 0 Å². The van der Waals surface area contributed by atoms with Crippen LogP contribution in [0.3, 0.4) is 0 Å². The SMILES string of the molecule is N[C@@H]1CCCN(Cc2ccc(I)cc2)C1. The van der Waals surface area contributed by atoms with Gasteiger partial charge in [0.05, 0.1) is 0 Å². The van der Waals surface area contributed by atoms with Gasteiger partial charge in [-0.1, -0.05) is 12.1 Å². The summed E-state index contributed by atoms with van der Waals surface area (Å²) >= 11 is 2.34. The Hall–Kier alpha value is -0.130. The minimum absolute atomic E-state index is 0.377. The molecule has 0 bridgehead atoms. The number of halogens is 1. The highest BCUT2D eigenvalue weighted by Gasteiger charge is 2.16. The molecule has 0 aromatic heterocycles. The lowest BCUT2D eigenvalue weighted by Crippen LogP contribution is -2.42. The molecule has 0 saturated carbocycles. The standard InChI is InChI=1S/C12H17IN2/c13-11-5-3-10(4-6-11)8-15-7-1-2-12(14)9-15/h3-6,12H,1-2,7-9,14H2/t12-/m1/s1. The van der Waals surface area contributed by atoms with Crippen LogP contribution in [0, 0.1) is 3.57 Å². The van der Waals surface area contributed by atoms with E-state index in [9.17, 15) is 0 Å². The van der Waals surface area contributed by atoms with Crippen molar-refractivity contribution in [2.24, 2.45) is 5.73 Å². The maximum Gasteiger partial charge on any atom is 0.0234 e. The van der Waals surface area contributed by atoms with Crippen molar-refractivity contribution in [2.45, 2.75) is 25.4 Å². The molecule has 0 spiro atoms. The number of rotatable bonds is 2. The Morgan fingerprint density at radius 1 is 1.33 bits per heavy atom. The number of nitrogens with two attached hydrogens (primary N) is 1. The van der Waals surface area contributed by atoms with E-state index in [0.29, 0.717) is 6.04 Å². The van der Waals surface area contributed by atoms with Gasteiger partial charge in [0.1, 0.15) is 0 Å². The summed E-state index contributed by atoms with van der Waals surface area (Å²) in [6.45, 7) is 3.29. The fraction of sp³-hybridized carbons (Fsp3) is 0.500. The van der Waals surface area contributed by atoms with Crippen molar-refractivity contribution < 1.29 is 0 Å². The van der Waals surface area contributed by atoms with Crippen molar-refractivity contribution in [1.29, 1.82) is 0 Å². The smallest absolute Gasteiger partial charge is 0.0234 e. The summed E-state index contributed by atoms with van der Waals surface area (Å²) in [5.74, 6) is 0. The number of hydrogen-bond acceptors (Lipinski definition) is 2. The molecule has 2 rings (SSSR count). The lowest BCUT2D eigenvalue weighted by Gasteiger charge is -2.30. The zero-order valence-corrected chi connectivity index (χ0v) is 11.0. The molecule has 0 aliphatic carbocycles. The summed E-state index contributed by atoms with van der Waals surface area (Å²) in [6, 6.07) is 9.13. The second kappa shape index (κ2) is 5.27. The summed E-state index contributed by atoms with van der Waals surface area (Å²) in [7, 11) is 0. The van der Waals surface area contributed by atoms with Crippen LogP contribution in [0.4, 0.5) is 0 Å². The quantitative estimate of drug-likeness (QED) is 0.848. The number of piperidine rings is 1. The number of benzene rings is 1. The van der Waals surface area contributed by atoms with Crippen molar-refractivity contribution in [1.82, 2.24) is 4.90 Å². The summed E-state index contributed by atoms with van der Waals surface area (Å²) in [6.07, 6.45) is 2.43. The molecule has 82 valence electrons. The third kappa shape index (κ3) is 3.43. The molecule has 1 atom stereocenters. The molecule has 0 radical (unpaired) electrons. The number of hydrogen-bond donors (Lipinski definition) is 1. The van der Waals surface area contributed by atoms with Crippen LogP contribution in [-0.4, -0.2) is 24.0 Å². The van der Waals surface area contributed by atoms with Crippen molar-refractivity contribution >= 4 is 22.6 Å². The third-order valence-corrected chi connectivity index (χ3v) is 3.58. The van der Waals surface area contributed by atoms with E-state index < -0.39 is 0 Å². The Bertz CT molecular complexity index is 310. The van der Waals surface area contributed by atoms with E-state index in [1.54, 1.807) is 0 Å². The highest BCUT2D eigenvalue weighted by molar-refractivity contribution is 14.1. The first-order chi connectivity index (χ1) is 7.24. The van der Waals surface area contributed by atoms with Crippen LogP contribution in [-0.2, 0) is 6.54 Å². The van der Waals surface area contributed by atoms with Gasteiger partial charge in [-0.25, -0.2) is 0 Å². The average Bonchev–Trinajstić information content (AvgIpc) is 2.22. The van der Waals surface area contributed by atoms with E-state index in [1.165, 1.54) is 28.5 Å². The highest BCUT2D eigenvalue weighted by Crippen LogP contribution is 2.13. The van der Waals surface area contributed by atoms with Crippen LogP contribution in [0.25, 0.3) is 0 Å². The Balaban J connectivity index is 1.93. The normalized spacial score (nSPS) is 22.9. The number of likely N-dealkylation sites (tertiary alicyclic amines) is 1. The van der Waals surface area contributed by atoms with Crippen molar-refractivity contribution in [3.63, 3.8) is 0 Å². The van der Waals surface area contributed by atoms with Crippen LogP contribution < -0.4 is 5.73 Å². The Morgan fingerprint density at radius 2 is 2.07 bits per heavy atom. The fourth-order valence-electron chi connectivity index (χ4n) is 2.08. The summed E-state index contributed by atoms with van der Waals surface area (Å²) in [4.78, 5) is 2.45. The third-order valence-electron chi connectivity index (χ3n) is 2.86. The maximum atomic E-state index is 5.96. The average molecular weight is 316 g/mol. The van der Waals surface area contributed by atoms with Gasteiger partial charge in [-0.15, -0.1) is 0 Å². The molecule has 1 heterocycles. The summed E-state index contributed by atoms with van der Waals surface area (Å²) in [5, 5.41) is 0. The van der Waals surface area contributed by atoms with Crippen LogP contribution >= 0.6 is 22.6 Å². The maximum absolute atomic E-state index is 5.96. The van der Waals surface area contributed by atoms with Gasteiger partial charge in [0, 0.05) is 22.7 Å². The van der Waals surface area contributed by atoms with E-state index in [1.807, 2.05) is 0 Å². The lowest BCUT2D eigenvalue weighted by molar-refractivity contribution is 0.201. The molecule has 0 unspecified atom stereocenters. The van der Waals surface area contributed by atoms with Gasteiger partial charge in [-0.3, -0.25) is 4.90 Å². The minimum Gasteiger partial charge on any atom is -0.327 e. The highest BCUT2D eigenvalue weighted by atomic mass is 127. The van der Waals surface area contributed by atoms with Crippen LogP contribution in [0.5, 0.6) is 0 Å². The molecule has 0 amide bonds. The van der Waals surface area contributed by atoms with E-state index in [4.69, 9.17) is 5.73 Å². The molecule has 3 heteroatoms. The molecule has 15 heavy (non-hydrogen) atoms. The Kier molecular flexibility index (Phi) is 3.99. The minimum atomic E-state index is 0.377. The first kappa shape index (κ1) is 11.4. The Morgan fingerprint density at radius 3 is 2.73 bits per heavy atom. The van der Waals surface area contributed by atoms with Gasteiger partial charge in [-0.2, -0.15) is 0 Å². The second-order valence-corrected chi connectivity index (χ2v) is 5.51. The molecule has 1 aromatic carbocycles. The predicted molar refractivity (Wildman–Crippen MR) is 71.6 cm³/mol. The predicted octanol–water partition coefficient (Wildman–Crippen LogP) is 2.21. The zero-order chi connectivity index (χ0) is 10.7. The topological polar surface area (TPSA) is 29.3 Å². The molecule has 1 aromatic rings. The van der Waals surface area contributed by atoms with Gasteiger partial charge < -0.3 is 5.73 Å². The molecule has 1 aliphatic rings. The molecular formula is C12H17IN2. The van der Waals surface area contributed by atoms with Gasteiger partial charge in [0.2, 0.25) is 0 Å². The molecule has 1 fully saturated rings. The first-order valence-electron chi connectivity index (χ1n) is 5.46. The number of nitrogens with zero attached hydrogens (tertiary/aromatic N) is 1. The first-order valence-corrected chi connectivity index (χ1v) is 6.54. The van der Waals surface area contributed by atoms with Crippen molar-refractivity contribution in [2.75, 3.05) is 13.1 Å². The van der Waals surface area contributed by atoms with Crippen molar-refractivity contribution in [3.05, 3.63) is 33.4 Å². The van der Waals surface area contributed by atoms with Crippen molar-refractivity contribution in [3.8, 4) is 0 Å². The van der Waals surface area contributed by atoms with E-state index in [0.717, 1.165) is 13.1 Å². The van der Waals surface area contributed by atoms with Crippen LogP contribution in [0.1, 0.15) is 18.4 Å². The fourth-order valence-corrected chi connectivity index (χ4v) is 2.44. The monoisotopic (exact) mass is 316 g/mol. The lowest BCUT2D eigenvalue weighted by atomic mass is 10.1.